The topological polar surface area (TPSA) is 91.0 Å². The Balaban J connectivity index is 1.97. The minimum Gasteiger partial charge on any atom is -0.478 e. The molecule has 1 aliphatic heterocycles. The fraction of sp³-hybridized carbons (Fsp3) is 0.200. The number of benzene rings is 1. The van der Waals surface area contributed by atoms with Crippen molar-refractivity contribution in [3.8, 4) is 0 Å². The molecule has 0 radical (unpaired) electrons. The van der Waals surface area contributed by atoms with Crippen molar-refractivity contribution >= 4 is 17.6 Å². The lowest BCUT2D eigenvalue weighted by molar-refractivity contribution is -0.133. The van der Waals surface area contributed by atoms with E-state index in [9.17, 15) is 19.8 Å². The third-order valence-corrected chi connectivity index (χ3v) is 4.60. The predicted octanol–water partition coefficient (Wildman–Crippen LogP) is 3.80. The number of carbonyl (C=O) groups is 2. The van der Waals surface area contributed by atoms with Crippen LogP contribution in [0.2, 0.25) is 0 Å². The molecule has 26 heavy (non-hydrogen) atoms. The number of carboxylic acid groups (broad SMARTS) is 2. The highest BCUT2D eigenvalue weighted by Crippen LogP contribution is 2.35. The first-order valence-corrected chi connectivity index (χ1v) is 8.14. The first kappa shape index (κ1) is 17.5. The molecule has 3 rings (SSSR count). The Kier molecular flexibility index (Phi) is 4.67. The summed E-state index contributed by atoms with van der Waals surface area (Å²) in [5.74, 6) is -2.20. The van der Waals surface area contributed by atoms with E-state index in [1.807, 2.05) is 30.3 Å². The average molecular weight is 353 g/mol. The van der Waals surface area contributed by atoms with Crippen molar-refractivity contribution in [2.45, 2.75) is 26.7 Å². The number of carboxylic acids is 2. The van der Waals surface area contributed by atoms with Gasteiger partial charge < -0.3 is 19.5 Å². The van der Waals surface area contributed by atoms with Gasteiger partial charge in [0.05, 0.1) is 23.7 Å². The van der Waals surface area contributed by atoms with Crippen molar-refractivity contribution in [2.75, 3.05) is 4.90 Å². The van der Waals surface area contributed by atoms with Gasteiger partial charge in [0.2, 0.25) is 0 Å². The molecule has 0 bridgehead atoms. The molecule has 0 atom stereocenters. The fourth-order valence-electron chi connectivity index (χ4n) is 3.19. The number of hydrogen-bond acceptors (Lipinski definition) is 4. The van der Waals surface area contributed by atoms with Crippen molar-refractivity contribution < 1.29 is 24.2 Å². The summed E-state index contributed by atoms with van der Waals surface area (Å²) < 4.78 is 5.07. The van der Waals surface area contributed by atoms with Gasteiger partial charge in [0.15, 0.2) is 0 Å². The Labute approximate surface area is 150 Å². The zero-order chi connectivity index (χ0) is 18.8. The number of rotatable bonds is 5. The molecule has 0 amide bonds. The molecule has 6 heteroatoms. The lowest BCUT2D eigenvalue weighted by atomic mass is 9.95. The summed E-state index contributed by atoms with van der Waals surface area (Å²) in [6, 6.07) is 9.52. The Bertz CT molecular complexity index is 868. The zero-order valence-corrected chi connectivity index (χ0v) is 14.5. The molecule has 2 N–H and O–H groups in total. The van der Waals surface area contributed by atoms with Gasteiger partial charge in [0.25, 0.3) is 0 Å². The molecule has 0 unspecified atom stereocenters. The summed E-state index contributed by atoms with van der Waals surface area (Å²) in [4.78, 5) is 24.8. The first-order chi connectivity index (χ1) is 12.4. The van der Waals surface area contributed by atoms with Gasteiger partial charge in [0, 0.05) is 29.9 Å². The van der Waals surface area contributed by atoms with Gasteiger partial charge in [-0.2, -0.15) is 0 Å². The molecule has 1 aromatic carbocycles. The summed E-state index contributed by atoms with van der Waals surface area (Å²) in [7, 11) is 0. The van der Waals surface area contributed by atoms with Crippen LogP contribution in [0.25, 0.3) is 0 Å². The number of furan rings is 1. The first-order valence-electron chi connectivity index (χ1n) is 8.14. The van der Waals surface area contributed by atoms with Crippen molar-refractivity contribution in [3.05, 3.63) is 76.5 Å². The lowest BCUT2D eigenvalue weighted by Gasteiger charge is -2.33. The normalized spacial score (nSPS) is 14.8. The minimum atomic E-state index is -1.10. The molecule has 2 aromatic rings. The fourth-order valence-corrected chi connectivity index (χ4v) is 3.19. The highest BCUT2D eigenvalue weighted by Gasteiger charge is 2.30. The van der Waals surface area contributed by atoms with E-state index < -0.39 is 11.9 Å². The molecular weight excluding hydrogens is 334 g/mol. The Morgan fingerprint density at radius 2 is 1.54 bits per heavy atom. The van der Waals surface area contributed by atoms with E-state index in [1.54, 1.807) is 31.3 Å². The minimum absolute atomic E-state index is 0.0859. The second kappa shape index (κ2) is 6.92. The Morgan fingerprint density at radius 3 is 2.00 bits per heavy atom. The average Bonchev–Trinajstić information content (AvgIpc) is 3.09. The van der Waals surface area contributed by atoms with Crippen LogP contribution in [0.1, 0.15) is 31.4 Å². The van der Waals surface area contributed by atoms with Gasteiger partial charge in [-0.15, -0.1) is 0 Å². The third-order valence-electron chi connectivity index (χ3n) is 4.60. The summed E-state index contributed by atoms with van der Waals surface area (Å²) in [6.07, 6.45) is 3.95. The van der Waals surface area contributed by atoms with E-state index in [-0.39, 0.29) is 17.6 Å². The molecule has 2 heterocycles. The summed E-state index contributed by atoms with van der Waals surface area (Å²) in [5, 5.41) is 18.9. The second-order valence-corrected chi connectivity index (χ2v) is 6.23. The van der Waals surface area contributed by atoms with Crippen LogP contribution in [0, 0.1) is 0 Å². The summed E-state index contributed by atoms with van der Waals surface area (Å²) in [5.41, 5.74) is 4.11. The van der Waals surface area contributed by atoms with Crippen molar-refractivity contribution in [2.24, 2.45) is 0 Å². The SMILES string of the molecule is CC1=C(C(=O)O)CC(C(=O)O)=C(C)N1c1ccc(Cc2ccoc2)cc1. The van der Waals surface area contributed by atoms with Gasteiger partial charge in [0.1, 0.15) is 0 Å². The van der Waals surface area contributed by atoms with Crippen LogP contribution in [0.15, 0.2) is 69.8 Å². The van der Waals surface area contributed by atoms with E-state index >= 15 is 0 Å². The molecular formula is C20H19NO5. The Morgan fingerprint density at radius 1 is 0.962 bits per heavy atom. The van der Waals surface area contributed by atoms with Gasteiger partial charge in [-0.05, 0) is 43.2 Å². The van der Waals surface area contributed by atoms with E-state index in [0.29, 0.717) is 11.4 Å². The van der Waals surface area contributed by atoms with Crippen LogP contribution in [-0.2, 0) is 16.0 Å². The van der Waals surface area contributed by atoms with Gasteiger partial charge in [-0.1, -0.05) is 12.1 Å². The van der Waals surface area contributed by atoms with Crippen molar-refractivity contribution in [3.63, 3.8) is 0 Å². The molecule has 0 spiro atoms. The summed E-state index contributed by atoms with van der Waals surface area (Å²) >= 11 is 0. The molecule has 134 valence electrons. The zero-order valence-electron chi connectivity index (χ0n) is 14.5. The van der Waals surface area contributed by atoms with Gasteiger partial charge in [-0.3, -0.25) is 0 Å². The van der Waals surface area contributed by atoms with Crippen molar-refractivity contribution in [1.29, 1.82) is 0 Å². The maximum Gasteiger partial charge on any atom is 0.333 e. The van der Waals surface area contributed by atoms with Crippen LogP contribution in [0.4, 0.5) is 5.69 Å². The lowest BCUT2D eigenvalue weighted by Crippen LogP contribution is -2.29. The quantitative estimate of drug-likeness (QED) is 0.850. The standard InChI is InChI=1S/C20H19NO5/c1-12-17(19(22)23)10-18(20(24)25)13(2)21(12)16-5-3-14(4-6-16)9-15-7-8-26-11-15/h3-8,11H,9-10H2,1-2H3,(H,22,23)(H,24,25). The highest BCUT2D eigenvalue weighted by atomic mass is 16.4. The number of aliphatic carboxylic acids is 2. The van der Waals surface area contributed by atoms with Gasteiger partial charge >= 0.3 is 11.9 Å². The predicted molar refractivity (Wildman–Crippen MR) is 95.7 cm³/mol. The van der Waals surface area contributed by atoms with Crippen LogP contribution < -0.4 is 4.90 Å². The molecule has 0 aliphatic carbocycles. The van der Waals surface area contributed by atoms with Crippen molar-refractivity contribution in [1.82, 2.24) is 0 Å². The van der Waals surface area contributed by atoms with Crippen LogP contribution in [-0.4, -0.2) is 22.2 Å². The van der Waals surface area contributed by atoms with E-state index in [1.165, 1.54) is 0 Å². The van der Waals surface area contributed by atoms with Crippen LogP contribution in [0.5, 0.6) is 0 Å². The molecule has 1 aromatic heterocycles. The number of allylic oxidation sites excluding steroid dienone is 2. The van der Waals surface area contributed by atoms with E-state index in [4.69, 9.17) is 4.42 Å². The highest BCUT2D eigenvalue weighted by molar-refractivity contribution is 5.97. The maximum absolute atomic E-state index is 11.5. The molecule has 0 saturated heterocycles. The molecule has 0 fully saturated rings. The van der Waals surface area contributed by atoms with Crippen LogP contribution in [0.3, 0.4) is 0 Å². The second-order valence-electron chi connectivity index (χ2n) is 6.23. The number of nitrogens with zero attached hydrogens (tertiary/aromatic N) is 1. The molecule has 1 aliphatic rings. The van der Waals surface area contributed by atoms with Gasteiger partial charge in [-0.25, -0.2) is 9.59 Å². The Hall–Kier alpha value is -3.28. The van der Waals surface area contributed by atoms with E-state index in [2.05, 4.69) is 0 Å². The van der Waals surface area contributed by atoms with Crippen LogP contribution >= 0.6 is 0 Å². The summed E-state index contributed by atoms with van der Waals surface area (Å²) in [6.45, 7) is 3.40. The number of anilines is 1. The maximum atomic E-state index is 11.5. The monoisotopic (exact) mass is 353 g/mol. The third kappa shape index (κ3) is 3.26. The molecule has 0 saturated carbocycles. The number of hydrogen-bond donors (Lipinski definition) is 2. The van der Waals surface area contributed by atoms with E-state index in [0.717, 1.165) is 23.2 Å². The largest absolute Gasteiger partial charge is 0.478 e. The smallest absolute Gasteiger partial charge is 0.333 e. The molecule has 6 nitrogen and oxygen atoms in total.